The summed E-state index contributed by atoms with van der Waals surface area (Å²) in [6.45, 7) is 5.89. The number of pyridine rings is 1. The highest BCUT2D eigenvalue weighted by atomic mass is 16.5. The van der Waals surface area contributed by atoms with Crippen LogP contribution in [0.15, 0.2) is 53.5 Å². The average molecular weight is 657 g/mol. The Morgan fingerprint density at radius 3 is 2.54 bits per heavy atom. The van der Waals surface area contributed by atoms with Crippen molar-refractivity contribution in [3.63, 3.8) is 0 Å². The Hall–Kier alpha value is -5.13. The summed E-state index contributed by atoms with van der Waals surface area (Å²) in [5.74, 6) is 1.79. The van der Waals surface area contributed by atoms with Gasteiger partial charge in [0.25, 0.3) is 0 Å². The van der Waals surface area contributed by atoms with Crippen molar-refractivity contribution in [1.82, 2.24) is 25.2 Å². The highest BCUT2D eigenvalue weighted by molar-refractivity contribution is 5.86. The second kappa shape index (κ2) is 15.2. The molecule has 4 aromatic rings. The number of hydrogen-bond acceptors (Lipinski definition) is 9. The largest absolute Gasteiger partial charge is 0.493 e. The summed E-state index contributed by atoms with van der Waals surface area (Å²) in [4.78, 5) is 39.8. The van der Waals surface area contributed by atoms with Crippen LogP contribution in [0.1, 0.15) is 63.0 Å². The Morgan fingerprint density at radius 2 is 1.83 bits per heavy atom. The standard InChI is InChI=1S/C36H44N6O6/c1-7-21(2)33(36(45)37-17-10-12-31-41-40-30-11-8-9-18-42(30)31)39-27-16-14-24-25(20-28(27)44)26(38-22(3)43)15-13-23-19-29(46-4)34(47-5)35(48-6)32(23)24/h8-9,11,14,16,18-21,26,33H,7,10,12-13,15,17H2,1-6H3,(H,37,45)(H,38,43)(H,39,44). The number of rotatable bonds is 13. The Balaban J connectivity index is 1.45. The van der Waals surface area contributed by atoms with Crippen LogP contribution < -0.4 is 35.6 Å². The van der Waals surface area contributed by atoms with Crippen LogP contribution in [0.4, 0.5) is 5.69 Å². The average Bonchev–Trinajstić information content (AvgIpc) is 3.36. The van der Waals surface area contributed by atoms with Gasteiger partial charge in [-0.2, -0.15) is 0 Å². The molecule has 3 atom stereocenters. The number of carbonyl (C=O) groups is 2. The number of nitrogens with zero attached hydrogens (tertiary/aromatic N) is 3. The number of ether oxygens (including phenoxy) is 3. The predicted molar refractivity (Wildman–Crippen MR) is 184 cm³/mol. The minimum absolute atomic E-state index is 0.0714. The molecule has 0 bridgehead atoms. The summed E-state index contributed by atoms with van der Waals surface area (Å²) in [6.07, 6.45) is 5.11. The van der Waals surface area contributed by atoms with E-state index in [4.69, 9.17) is 14.2 Å². The Labute approximate surface area is 280 Å². The number of anilines is 1. The Bertz CT molecular complexity index is 1860. The molecule has 0 radical (unpaired) electrons. The highest BCUT2D eigenvalue weighted by Gasteiger charge is 2.30. The number of aryl methyl sites for hydroxylation is 2. The summed E-state index contributed by atoms with van der Waals surface area (Å²) in [5, 5.41) is 17.8. The van der Waals surface area contributed by atoms with Gasteiger partial charge < -0.3 is 30.2 Å². The summed E-state index contributed by atoms with van der Waals surface area (Å²) in [5.41, 5.74) is 3.82. The molecule has 12 nitrogen and oxygen atoms in total. The maximum Gasteiger partial charge on any atom is 0.242 e. The molecule has 3 unspecified atom stereocenters. The van der Waals surface area contributed by atoms with E-state index in [0.717, 1.165) is 34.6 Å². The van der Waals surface area contributed by atoms with Gasteiger partial charge in [-0.25, -0.2) is 0 Å². The van der Waals surface area contributed by atoms with Gasteiger partial charge >= 0.3 is 0 Å². The molecular weight excluding hydrogens is 612 g/mol. The maximum absolute atomic E-state index is 13.9. The number of nitrogens with one attached hydrogen (secondary N) is 3. The first-order valence-corrected chi connectivity index (χ1v) is 16.3. The second-order valence-electron chi connectivity index (χ2n) is 12.0. The van der Waals surface area contributed by atoms with Gasteiger partial charge in [-0.3, -0.25) is 18.8 Å². The van der Waals surface area contributed by atoms with E-state index >= 15 is 0 Å². The minimum atomic E-state index is -0.656. The molecule has 1 aliphatic rings. The zero-order chi connectivity index (χ0) is 34.4. The SMILES string of the molecule is CCC(C)C(Nc1ccc2c(cc1=O)C(NC(C)=O)CCc1cc(OC)c(OC)c(OC)c1-2)C(=O)NCCCc1nnc2ccccn12. The van der Waals surface area contributed by atoms with Gasteiger partial charge in [0.15, 0.2) is 17.1 Å². The van der Waals surface area contributed by atoms with Crippen LogP contribution in [0, 0.1) is 5.92 Å². The molecule has 0 saturated heterocycles. The smallest absolute Gasteiger partial charge is 0.242 e. The predicted octanol–water partition coefficient (Wildman–Crippen LogP) is 4.48. The molecule has 0 spiro atoms. The van der Waals surface area contributed by atoms with Crippen LogP contribution >= 0.6 is 0 Å². The fourth-order valence-corrected chi connectivity index (χ4v) is 6.33. The van der Waals surface area contributed by atoms with Crippen molar-refractivity contribution in [2.75, 3.05) is 33.2 Å². The Morgan fingerprint density at radius 1 is 1.04 bits per heavy atom. The first-order valence-electron chi connectivity index (χ1n) is 16.3. The van der Waals surface area contributed by atoms with Crippen molar-refractivity contribution in [3.05, 3.63) is 75.8 Å². The molecule has 2 aromatic heterocycles. The van der Waals surface area contributed by atoms with Crippen molar-refractivity contribution in [3.8, 4) is 28.4 Å². The van der Waals surface area contributed by atoms with Crippen LogP contribution in [0.25, 0.3) is 16.8 Å². The Kier molecular flexibility index (Phi) is 10.8. The summed E-state index contributed by atoms with van der Waals surface area (Å²) in [6, 6.07) is 11.7. The van der Waals surface area contributed by atoms with E-state index in [-0.39, 0.29) is 28.8 Å². The first-order chi connectivity index (χ1) is 23.2. The van der Waals surface area contributed by atoms with Gasteiger partial charge in [0.05, 0.1) is 33.1 Å². The van der Waals surface area contributed by atoms with E-state index < -0.39 is 12.1 Å². The lowest BCUT2D eigenvalue weighted by Gasteiger charge is -2.24. The quantitative estimate of drug-likeness (QED) is 0.177. The van der Waals surface area contributed by atoms with Gasteiger partial charge in [-0.1, -0.05) is 32.4 Å². The van der Waals surface area contributed by atoms with Crippen molar-refractivity contribution in [1.29, 1.82) is 0 Å². The second-order valence-corrected chi connectivity index (χ2v) is 12.0. The van der Waals surface area contributed by atoms with E-state index in [1.165, 1.54) is 6.92 Å². The number of carbonyl (C=O) groups excluding carboxylic acids is 2. The third-order valence-electron chi connectivity index (χ3n) is 8.98. The lowest BCUT2D eigenvalue weighted by atomic mass is 9.95. The number of fused-ring (bicyclic) bond motifs is 4. The fraction of sp³-hybridized carbons (Fsp3) is 0.417. The van der Waals surface area contributed by atoms with Crippen molar-refractivity contribution < 1.29 is 23.8 Å². The zero-order valence-corrected chi connectivity index (χ0v) is 28.4. The van der Waals surface area contributed by atoms with Gasteiger partial charge in [0, 0.05) is 31.6 Å². The summed E-state index contributed by atoms with van der Waals surface area (Å²) in [7, 11) is 4.68. The molecule has 0 aliphatic heterocycles. The number of benzene rings is 1. The third-order valence-corrected chi connectivity index (χ3v) is 8.98. The molecule has 2 heterocycles. The molecule has 48 heavy (non-hydrogen) atoms. The number of methoxy groups -OCH3 is 3. The minimum Gasteiger partial charge on any atom is -0.493 e. The molecule has 2 aromatic carbocycles. The molecule has 0 fully saturated rings. The maximum atomic E-state index is 13.9. The molecule has 12 heteroatoms. The first kappa shape index (κ1) is 34.2. The molecule has 2 amide bonds. The van der Waals surface area contributed by atoms with Gasteiger partial charge in [0.2, 0.25) is 23.0 Å². The van der Waals surface area contributed by atoms with Crippen LogP contribution in [0.2, 0.25) is 0 Å². The van der Waals surface area contributed by atoms with Crippen molar-refractivity contribution in [2.45, 2.75) is 65.0 Å². The van der Waals surface area contributed by atoms with E-state index in [9.17, 15) is 14.4 Å². The molecular formula is C36H44N6O6. The van der Waals surface area contributed by atoms with Crippen LogP contribution in [0.3, 0.4) is 0 Å². The molecule has 0 saturated carbocycles. The molecule has 254 valence electrons. The topological polar surface area (TPSA) is 145 Å². The van der Waals surface area contributed by atoms with Crippen molar-refractivity contribution in [2.24, 2.45) is 5.92 Å². The zero-order valence-electron chi connectivity index (χ0n) is 28.4. The van der Waals surface area contributed by atoms with Crippen LogP contribution in [-0.4, -0.2) is 60.3 Å². The summed E-state index contributed by atoms with van der Waals surface area (Å²) < 4.78 is 19.1. The van der Waals surface area contributed by atoms with Crippen molar-refractivity contribution >= 4 is 23.1 Å². The van der Waals surface area contributed by atoms with Gasteiger partial charge in [0.1, 0.15) is 11.9 Å². The monoisotopic (exact) mass is 656 g/mol. The van der Waals surface area contributed by atoms with Crippen LogP contribution in [0.5, 0.6) is 17.2 Å². The van der Waals surface area contributed by atoms with E-state index in [0.29, 0.717) is 55.0 Å². The van der Waals surface area contributed by atoms with E-state index in [1.807, 2.05) is 54.8 Å². The van der Waals surface area contributed by atoms with E-state index in [2.05, 4.69) is 26.1 Å². The van der Waals surface area contributed by atoms with E-state index in [1.54, 1.807) is 33.5 Å². The third kappa shape index (κ3) is 7.07. The summed E-state index contributed by atoms with van der Waals surface area (Å²) >= 11 is 0. The number of amides is 2. The normalized spacial score (nSPS) is 14.9. The lowest BCUT2D eigenvalue weighted by Crippen LogP contribution is -2.44. The number of hydrogen-bond donors (Lipinski definition) is 3. The molecule has 1 aliphatic carbocycles. The van der Waals surface area contributed by atoms with Crippen LogP contribution in [-0.2, 0) is 22.4 Å². The molecule has 5 rings (SSSR count). The fourth-order valence-electron chi connectivity index (χ4n) is 6.33. The van der Waals surface area contributed by atoms with Gasteiger partial charge in [-0.15, -0.1) is 10.2 Å². The van der Waals surface area contributed by atoms with Gasteiger partial charge in [-0.05, 0) is 72.2 Å². The number of aromatic nitrogens is 3. The molecule has 3 N–H and O–H groups in total. The highest BCUT2D eigenvalue weighted by Crippen LogP contribution is 2.50. The lowest BCUT2D eigenvalue weighted by molar-refractivity contribution is -0.123.